The minimum Gasteiger partial charge on any atom is -0.454 e. The van der Waals surface area contributed by atoms with Crippen molar-refractivity contribution < 1.29 is 4.42 Å². The highest BCUT2D eigenvalue weighted by atomic mass is 16.3. The second-order valence-corrected chi connectivity index (χ2v) is 14.2. The van der Waals surface area contributed by atoms with Crippen LogP contribution in [0.3, 0.4) is 0 Å². The molecule has 11 rings (SSSR count). The van der Waals surface area contributed by atoms with Crippen LogP contribution in [0.2, 0.25) is 0 Å². The van der Waals surface area contributed by atoms with E-state index in [4.69, 9.17) is 14.4 Å². The van der Waals surface area contributed by atoms with Crippen molar-refractivity contribution in [1.82, 2.24) is 9.88 Å². The molecule has 264 valence electrons. The summed E-state index contributed by atoms with van der Waals surface area (Å²) in [6.07, 6.45) is -0.377. The first-order valence-corrected chi connectivity index (χ1v) is 18.9. The molecule has 3 heterocycles. The maximum absolute atomic E-state index is 6.57. The second kappa shape index (κ2) is 13.1. The summed E-state index contributed by atoms with van der Waals surface area (Å²) in [5.74, 6) is 1.47. The first kappa shape index (κ1) is 32.0. The van der Waals surface area contributed by atoms with Crippen LogP contribution in [-0.2, 0) is 0 Å². The van der Waals surface area contributed by atoms with Crippen LogP contribution >= 0.6 is 0 Å². The highest BCUT2D eigenvalue weighted by Gasteiger charge is 2.24. The Labute approximate surface area is 323 Å². The van der Waals surface area contributed by atoms with E-state index in [1.807, 2.05) is 36.4 Å². The predicted molar refractivity (Wildman–Crippen MR) is 231 cm³/mol. The van der Waals surface area contributed by atoms with Gasteiger partial charge in [-0.25, -0.2) is 9.98 Å². The van der Waals surface area contributed by atoms with E-state index in [-0.39, 0.29) is 6.17 Å². The van der Waals surface area contributed by atoms with Crippen LogP contribution in [0.4, 0.5) is 0 Å². The zero-order valence-electron chi connectivity index (χ0n) is 30.3. The van der Waals surface area contributed by atoms with E-state index in [2.05, 4.69) is 168 Å². The van der Waals surface area contributed by atoms with Gasteiger partial charge in [-0.2, -0.15) is 0 Å². The third kappa shape index (κ3) is 5.40. The molecule has 1 unspecified atom stereocenters. The lowest BCUT2D eigenvalue weighted by Crippen LogP contribution is -2.33. The summed E-state index contributed by atoms with van der Waals surface area (Å²) in [5, 5.41) is 8.25. The van der Waals surface area contributed by atoms with Crippen molar-refractivity contribution >= 4 is 55.4 Å². The lowest BCUT2D eigenvalue weighted by molar-refractivity contribution is 0.666. The standard InChI is InChI=1S/C51H34N4O/c1-3-13-33(14-4-1)37-17-11-18-38(31-37)34-25-27-36(28-26-34)50-52-49(35-15-5-2-6-16-35)53-51(54-50)39-29-30-41-40-19-7-9-22-44(40)55(46(41)32-39)45-23-12-21-43-42-20-8-10-24-47(42)56-48(43)45/h1-32,51H,(H,52,53,54). The molecular weight excluding hydrogens is 685 g/mol. The van der Waals surface area contributed by atoms with Crippen LogP contribution in [0.15, 0.2) is 209 Å². The predicted octanol–water partition coefficient (Wildman–Crippen LogP) is 12.5. The average molecular weight is 719 g/mol. The smallest absolute Gasteiger partial charge is 0.159 e. The third-order valence-electron chi connectivity index (χ3n) is 10.9. The first-order chi connectivity index (χ1) is 27.7. The monoisotopic (exact) mass is 718 g/mol. The van der Waals surface area contributed by atoms with Gasteiger partial charge in [0.1, 0.15) is 17.6 Å². The molecule has 0 radical (unpaired) electrons. The van der Waals surface area contributed by atoms with Crippen molar-refractivity contribution in [2.75, 3.05) is 0 Å². The number of fused-ring (bicyclic) bond motifs is 6. The van der Waals surface area contributed by atoms with Gasteiger partial charge >= 0.3 is 0 Å². The van der Waals surface area contributed by atoms with Crippen molar-refractivity contribution in [2.45, 2.75) is 6.17 Å². The Bertz CT molecular complexity index is 3150. The van der Waals surface area contributed by atoms with Gasteiger partial charge in [0, 0.05) is 32.7 Å². The number of aliphatic imine (C=N–C) groups is 2. The number of nitrogens with zero attached hydrogens (tertiary/aromatic N) is 3. The molecule has 0 amide bonds. The summed E-state index contributed by atoms with van der Waals surface area (Å²) < 4.78 is 8.91. The minimum absolute atomic E-state index is 0.377. The average Bonchev–Trinajstić information content (AvgIpc) is 3.83. The first-order valence-electron chi connectivity index (χ1n) is 18.9. The molecule has 5 heteroatoms. The van der Waals surface area contributed by atoms with E-state index in [0.29, 0.717) is 5.84 Å². The molecule has 0 fully saturated rings. The quantitative estimate of drug-likeness (QED) is 0.186. The lowest BCUT2D eigenvalue weighted by atomic mass is 9.98. The molecule has 1 N–H and O–H groups in total. The van der Waals surface area contributed by atoms with Crippen LogP contribution < -0.4 is 5.32 Å². The van der Waals surface area contributed by atoms with Gasteiger partial charge in [0.2, 0.25) is 0 Å². The summed E-state index contributed by atoms with van der Waals surface area (Å²) in [7, 11) is 0. The van der Waals surface area contributed by atoms with Crippen LogP contribution in [0.5, 0.6) is 0 Å². The number of hydrogen-bond donors (Lipinski definition) is 1. The van der Waals surface area contributed by atoms with Gasteiger partial charge in [-0.3, -0.25) is 0 Å². The molecule has 1 atom stereocenters. The molecule has 5 nitrogen and oxygen atoms in total. The fourth-order valence-electron chi connectivity index (χ4n) is 8.14. The van der Waals surface area contributed by atoms with Gasteiger partial charge in [-0.15, -0.1) is 0 Å². The molecule has 0 saturated carbocycles. The fourth-order valence-corrected chi connectivity index (χ4v) is 8.14. The van der Waals surface area contributed by atoms with Gasteiger partial charge in [-0.05, 0) is 58.1 Å². The maximum atomic E-state index is 6.57. The topological polar surface area (TPSA) is 54.8 Å². The summed E-state index contributed by atoms with van der Waals surface area (Å²) in [4.78, 5) is 10.4. The summed E-state index contributed by atoms with van der Waals surface area (Å²) in [5.41, 5.74) is 12.7. The molecule has 0 bridgehead atoms. The van der Waals surface area contributed by atoms with Crippen molar-refractivity contribution in [3.63, 3.8) is 0 Å². The number of furan rings is 1. The van der Waals surface area contributed by atoms with Crippen molar-refractivity contribution in [3.8, 4) is 27.9 Å². The van der Waals surface area contributed by atoms with Gasteiger partial charge in [0.05, 0.1) is 16.7 Å². The number of nitrogens with one attached hydrogen (secondary N) is 1. The third-order valence-corrected chi connectivity index (χ3v) is 10.9. The normalized spacial score (nSPS) is 14.2. The molecule has 10 aromatic rings. The van der Waals surface area contributed by atoms with Gasteiger partial charge in [0.15, 0.2) is 11.4 Å². The Hall–Kier alpha value is -7.50. The number of amidine groups is 2. The van der Waals surface area contributed by atoms with Crippen molar-refractivity contribution in [3.05, 3.63) is 211 Å². The van der Waals surface area contributed by atoms with E-state index in [1.165, 1.54) is 27.5 Å². The maximum Gasteiger partial charge on any atom is 0.159 e. The van der Waals surface area contributed by atoms with E-state index in [9.17, 15) is 0 Å². The molecule has 8 aromatic carbocycles. The van der Waals surface area contributed by atoms with Crippen LogP contribution in [0.25, 0.3) is 71.7 Å². The lowest BCUT2D eigenvalue weighted by Gasteiger charge is -2.24. The van der Waals surface area contributed by atoms with Gasteiger partial charge in [0.25, 0.3) is 0 Å². The molecule has 0 spiro atoms. The van der Waals surface area contributed by atoms with Gasteiger partial charge in [-0.1, -0.05) is 164 Å². The summed E-state index contributed by atoms with van der Waals surface area (Å²) in [6, 6.07) is 68.0. The fraction of sp³-hybridized carbons (Fsp3) is 0.0196. The summed E-state index contributed by atoms with van der Waals surface area (Å²) in [6.45, 7) is 0. The highest BCUT2D eigenvalue weighted by Crippen LogP contribution is 2.39. The van der Waals surface area contributed by atoms with Gasteiger partial charge < -0.3 is 14.3 Å². The Kier molecular flexibility index (Phi) is 7.49. The molecule has 2 aromatic heterocycles. The molecule has 56 heavy (non-hydrogen) atoms. The zero-order valence-corrected chi connectivity index (χ0v) is 30.3. The number of para-hydroxylation sites is 3. The second-order valence-electron chi connectivity index (χ2n) is 14.2. The van der Waals surface area contributed by atoms with Crippen molar-refractivity contribution in [2.24, 2.45) is 9.98 Å². The SMILES string of the molecule is c1ccc(C2=NC(c3ccc(-c4cccc(-c5ccccc5)c4)cc3)=NC(c3ccc4c5ccccc5n(-c5cccc6c5oc5ccccc56)c4c3)N2)cc1. The van der Waals surface area contributed by atoms with Crippen molar-refractivity contribution in [1.29, 1.82) is 0 Å². The molecule has 1 aliphatic heterocycles. The molecular formula is C51H34N4O. The highest BCUT2D eigenvalue weighted by molar-refractivity contribution is 6.14. The van der Waals surface area contributed by atoms with Crippen LogP contribution in [0, 0.1) is 0 Å². The van der Waals surface area contributed by atoms with E-state index in [1.54, 1.807) is 0 Å². The number of aromatic nitrogens is 1. The Balaban J connectivity index is 1.03. The van der Waals surface area contributed by atoms with E-state index in [0.717, 1.165) is 66.7 Å². The summed E-state index contributed by atoms with van der Waals surface area (Å²) >= 11 is 0. The van der Waals surface area contributed by atoms with Crippen LogP contribution in [0.1, 0.15) is 22.9 Å². The van der Waals surface area contributed by atoms with E-state index < -0.39 is 0 Å². The Morgan fingerprint density at radius 2 is 1.05 bits per heavy atom. The molecule has 0 aliphatic carbocycles. The molecule has 0 saturated heterocycles. The number of rotatable bonds is 6. The zero-order chi connectivity index (χ0) is 37.0. The minimum atomic E-state index is -0.377. The largest absolute Gasteiger partial charge is 0.454 e. The van der Waals surface area contributed by atoms with Crippen LogP contribution in [-0.4, -0.2) is 16.2 Å². The number of benzene rings is 8. The van der Waals surface area contributed by atoms with E-state index >= 15 is 0 Å². The molecule has 1 aliphatic rings. The Morgan fingerprint density at radius 3 is 1.86 bits per heavy atom. The Morgan fingerprint density at radius 1 is 0.446 bits per heavy atom. The number of hydrogen-bond acceptors (Lipinski definition) is 4.